The van der Waals surface area contributed by atoms with E-state index in [2.05, 4.69) is 17.6 Å². The molecule has 1 atom stereocenters. The molecular weight excluding hydrogens is 380 g/mol. The number of primary amides is 1. The second-order valence-corrected chi connectivity index (χ2v) is 7.24. The Morgan fingerprint density at radius 2 is 1.70 bits per heavy atom. The summed E-state index contributed by atoms with van der Waals surface area (Å²) in [6.07, 6.45) is 3.47. The summed E-state index contributed by atoms with van der Waals surface area (Å²) in [7, 11) is 0. The fourth-order valence-electron chi connectivity index (χ4n) is 3.04. The van der Waals surface area contributed by atoms with E-state index in [-0.39, 0.29) is 11.8 Å². The van der Waals surface area contributed by atoms with Crippen molar-refractivity contribution in [3.63, 3.8) is 0 Å². The van der Waals surface area contributed by atoms with Gasteiger partial charge in [-0.2, -0.15) is 0 Å². The lowest BCUT2D eigenvalue weighted by Crippen LogP contribution is -2.45. The molecule has 0 aromatic heterocycles. The van der Waals surface area contributed by atoms with Crippen molar-refractivity contribution in [2.24, 2.45) is 11.5 Å². The molecule has 0 aliphatic rings. The van der Waals surface area contributed by atoms with Crippen LogP contribution in [0, 0.1) is 0 Å². The predicted molar refractivity (Wildman–Crippen MR) is 118 cm³/mol. The summed E-state index contributed by atoms with van der Waals surface area (Å²) in [5.41, 5.74) is 13.6. The lowest BCUT2D eigenvalue weighted by molar-refractivity contribution is -0.126. The van der Waals surface area contributed by atoms with E-state index in [1.54, 1.807) is 18.2 Å². The van der Waals surface area contributed by atoms with Crippen LogP contribution in [0.25, 0.3) is 0 Å². The maximum Gasteiger partial charge on any atom is 0.248 e. The number of amides is 3. The molecule has 2 rings (SSSR count). The number of nitrogens with one attached hydrogen (secondary N) is 2. The Morgan fingerprint density at radius 3 is 2.33 bits per heavy atom. The van der Waals surface area contributed by atoms with Gasteiger partial charge in [-0.1, -0.05) is 50.1 Å². The highest BCUT2D eigenvalue weighted by Gasteiger charge is 2.21. The van der Waals surface area contributed by atoms with E-state index in [1.807, 2.05) is 24.3 Å². The number of nitrogens with two attached hydrogens (primary N) is 2. The zero-order valence-corrected chi connectivity index (χ0v) is 17.3. The number of hydrogen-bond acceptors (Lipinski definition) is 4. The topological polar surface area (TPSA) is 127 Å². The van der Waals surface area contributed by atoms with Gasteiger partial charge in [-0.05, 0) is 35.7 Å². The highest BCUT2D eigenvalue weighted by atomic mass is 16.2. The third-order valence-electron chi connectivity index (χ3n) is 4.77. The molecular formula is C23H30N4O3. The van der Waals surface area contributed by atoms with Crippen LogP contribution in [0.4, 0.5) is 5.69 Å². The number of carbonyl (C=O) groups is 3. The van der Waals surface area contributed by atoms with Crippen molar-refractivity contribution >= 4 is 23.4 Å². The summed E-state index contributed by atoms with van der Waals surface area (Å²) < 4.78 is 0. The number of rotatable bonds is 11. The summed E-state index contributed by atoms with van der Waals surface area (Å²) in [6.45, 7) is 2.51. The average Bonchev–Trinajstić information content (AvgIpc) is 2.74. The second-order valence-electron chi connectivity index (χ2n) is 7.24. The van der Waals surface area contributed by atoms with E-state index in [0.717, 1.165) is 30.4 Å². The molecule has 2 aromatic carbocycles. The number of benzene rings is 2. The van der Waals surface area contributed by atoms with Crippen LogP contribution in [0.15, 0.2) is 48.5 Å². The highest BCUT2D eigenvalue weighted by molar-refractivity contribution is 5.99. The van der Waals surface area contributed by atoms with Crippen LogP contribution in [0.2, 0.25) is 0 Å². The minimum atomic E-state index is -0.750. The SMILES string of the molecule is CCCCCC(=O)N[C@@H](Cc1ccc(CN)cc1)C(=O)Nc1cccc(C(N)=O)c1. The number of anilines is 1. The van der Waals surface area contributed by atoms with Gasteiger partial charge >= 0.3 is 0 Å². The third-order valence-corrected chi connectivity index (χ3v) is 4.77. The largest absolute Gasteiger partial charge is 0.366 e. The Labute approximate surface area is 177 Å². The van der Waals surface area contributed by atoms with E-state index in [9.17, 15) is 14.4 Å². The van der Waals surface area contributed by atoms with E-state index < -0.39 is 11.9 Å². The molecule has 0 saturated carbocycles. The van der Waals surface area contributed by atoms with Gasteiger partial charge in [0.05, 0.1) is 0 Å². The first-order valence-electron chi connectivity index (χ1n) is 10.2. The Bertz CT molecular complexity index is 865. The molecule has 2 aromatic rings. The summed E-state index contributed by atoms with van der Waals surface area (Å²) >= 11 is 0. The summed E-state index contributed by atoms with van der Waals surface area (Å²) in [6, 6.07) is 13.3. The van der Waals surface area contributed by atoms with Gasteiger partial charge in [0.2, 0.25) is 17.7 Å². The molecule has 0 aliphatic heterocycles. The molecule has 0 radical (unpaired) electrons. The molecule has 0 saturated heterocycles. The lowest BCUT2D eigenvalue weighted by Gasteiger charge is -2.19. The molecule has 0 aliphatic carbocycles. The third kappa shape index (κ3) is 7.33. The van der Waals surface area contributed by atoms with Gasteiger partial charge in [0, 0.05) is 30.6 Å². The van der Waals surface area contributed by atoms with E-state index in [1.165, 1.54) is 6.07 Å². The molecule has 7 heteroatoms. The standard InChI is InChI=1S/C23H30N4O3/c1-2-3-4-8-21(28)27-20(13-16-9-11-17(15-24)12-10-16)23(30)26-19-7-5-6-18(14-19)22(25)29/h5-7,9-12,14,20H,2-4,8,13,15,24H2,1H3,(H2,25,29)(H,26,30)(H,27,28)/t20-/m0/s1. The number of carbonyl (C=O) groups excluding carboxylic acids is 3. The van der Waals surface area contributed by atoms with Crippen LogP contribution in [0.5, 0.6) is 0 Å². The fourth-order valence-corrected chi connectivity index (χ4v) is 3.04. The lowest BCUT2D eigenvalue weighted by atomic mass is 10.0. The van der Waals surface area contributed by atoms with Crippen LogP contribution in [-0.4, -0.2) is 23.8 Å². The van der Waals surface area contributed by atoms with Crippen molar-refractivity contribution in [3.8, 4) is 0 Å². The molecule has 0 fully saturated rings. The van der Waals surface area contributed by atoms with E-state index in [4.69, 9.17) is 11.5 Å². The van der Waals surface area contributed by atoms with Crippen molar-refractivity contribution in [1.29, 1.82) is 0 Å². The molecule has 6 N–H and O–H groups in total. The summed E-state index contributed by atoms with van der Waals surface area (Å²) in [4.78, 5) is 36.7. The van der Waals surface area contributed by atoms with Gasteiger partial charge in [-0.25, -0.2) is 0 Å². The maximum absolute atomic E-state index is 12.9. The normalized spacial score (nSPS) is 11.5. The molecule has 0 bridgehead atoms. The van der Waals surface area contributed by atoms with Crippen LogP contribution in [-0.2, 0) is 22.6 Å². The molecule has 0 unspecified atom stereocenters. The van der Waals surface area contributed by atoms with Crippen molar-refractivity contribution in [2.75, 3.05) is 5.32 Å². The second kappa shape index (κ2) is 11.7. The summed E-state index contributed by atoms with van der Waals surface area (Å²) in [5, 5.41) is 5.61. The van der Waals surface area contributed by atoms with Gasteiger partial charge in [0.1, 0.15) is 6.04 Å². The van der Waals surface area contributed by atoms with Crippen molar-refractivity contribution < 1.29 is 14.4 Å². The molecule has 30 heavy (non-hydrogen) atoms. The zero-order chi connectivity index (χ0) is 21.9. The predicted octanol–water partition coefficient (Wildman–Crippen LogP) is 2.49. The van der Waals surface area contributed by atoms with E-state index >= 15 is 0 Å². The maximum atomic E-state index is 12.9. The highest BCUT2D eigenvalue weighted by Crippen LogP contribution is 2.13. The number of hydrogen-bond donors (Lipinski definition) is 4. The Morgan fingerprint density at radius 1 is 1.00 bits per heavy atom. The van der Waals surface area contributed by atoms with Crippen LogP contribution >= 0.6 is 0 Å². The smallest absolute Gasteiger partial charge is 0.248 e. The fraction of sp³-hybridized carbons (Fsp3) is 0.348. The minimum absolute atomic E-state index is 0.159. The Kier molecular flexibility index (Phi) is 9.03. The van der Waals surface area contributed by atoms with E-state index in [0.29, 0.717) is 30.6 Å². The van der Waals surface area contributed by atoms with Crippen molar-refractivity contribution in [2.45, 2.75) is 51.6 Å². The van der Waals surface area contributed by atoms with Crippen molar-refractivity contribution in [3.05, 3.63) is 65.2 Å². The van der Waals surface area contributed by atoms with Gasteiger partial charge < -0.3 is 22.1 Å². The van der Waals surface area contributed by atoms with Gasteiger partial charge in [0.15, 0.2) is 0 Å². The van der Waals surface area contributed by atoms with Gasteiger partial charge in [-0.15, -0.1) is 0 Å². The average molecular weight is 411 g/mol. The van der Waals surface area contributed by atoms with Gasteiger partial charge in [-0.3, -0.25) is 14.4 Å². The first-order chi connectivity index (χ1) is 14.4. The molecule has 0 heterocycles. The minimum Gasteiger partial charge on any atom is -0.366 e. The number of unbranched alkanes of at least 4 members (excludes halogenated alkanes) is 2. The first-order valence-corrected chi connectivity index (χ1v) is 10.2. The Balaban J connectivity index is 2.13. The Hall–Kier alpha value is -3.19. The van der Waals surface area contributed by atoms with Crippen LogP contribution in [0.1, 0.15) is 54.1 Å². The molecule has 7 nitrogen and oxygen atoms in total. The molecule has 160 valence electrons. The van der Waals surface area contributed by atoms with Crippen LogP contribution in [0.3, 0.4) is 0 Å². The monoisotopic (exact) mass is 410 g/mol. The van der Waals surface area contributed by atoms with Crippen molar-refractivity contribution in [1.82, 2.24) is 5.32 Å². The van der Waals surface area contributed by atoms with Crippen LogP contribution < -0.4 is 22.1 Å². The zero-order valence-electron chi connectivity index (χ0n) is 17.3. The molecule has 0 spiro atoms. The summed E-state index contributed by atoms with van der Waals surface area (Å²) in [5.74, 6) is -1.09. The van der Waals surface area contributed by atoms with Gasteiger partial charge in [0.25, 0.3) is 0 Å². The molecule has 3 amide bonds. The quantitative estimate of drug-likeness (QED) is 0.424. The first kappa shape index (κ1) is 23.1.